The number of hydrogen-bond acceptors (Lipinski definition) is 2. The fraction of sp³-hybridized carbons (Fsp3) is 0.231. The molecule has 0 atom stereocenters. The molecule has 1 aromatic rings. The van der Waals surface area contributed by atoms with Crippen molar-refractivity contribution in [1.82, 2.24) is 4.98 Å². The van der Waals surface area contributed by atoms with Gasteiger partial charge in [0.25, 0.3) is 0 Å². The molecule has 2 N–H and O–H groups in total. The minimum Gasteiger partial charge on any atom is -0.366 e. The molecule has 0 saturated heterocycles. The number of nitrogens with two attached hydrogens (primary N) is 1. The average molecular weight is 216 g/mol. The normalized spacial score (nSPS) is 12.7. The second-order valence-electron chi connectivity index (χ2n) is 3.65. The van der Waals surface area contributed by atoms with Gasteiger partial charge in [0.1, 0.15) is 0 Å². The van der Waals surface area contributed by atoms with E-state index in [2.05, 4.69) is 4.98 Å². The molecule has 1 aromatic heterocycles. The van der Waals surface area contributed by atoms with Crippen molar-refractivity contribution in [2.24, 2.45) is 5.73 Å². The van der Waals surface area contributed by atoms with Crippen LogP contribution in [0.4, 0.5) is 0 Å². The monoisotopic (exact) mass is 216 g/mol. The first-order chi connectivity index (χ1) is 7.54. The van der Waals surface area contributed by atoms with E-state index in [0.717, 1.165) is 16.8 Å². The van der Waals surface area contributed by atoms with E-state index >= 15 is 0 Å². The van der Waals surface area contributed by atoms with Gasteiger partial charge in [-0.25, -0.2) is 0 Å². The molecule has 0 spiro atoms. The van der Waals surface area contributed by atoms with E-state index in [9.17, 15) is 4.79 Å². The Hall–Kier alpha value is -1.90. The summed E-state index contributed by atoms with van der Waals surface area (Å²) in [5.74, 6) is -0.410. The predicted octanol–water partition coefficient (Wildman–Crippen LogP) is 2.22. The molecule has 0 bridgehead atoms. The number of amides is 1. The molecule has 1 rings (SSSR count). The minimum absolute atomic E-state index is 0.410. The van der Waals surface area contributed by atoms with Crippen LogP contribution in [0.2, 0.25) is 0 Å². The van der Waals surface area contributed by atoms with Crippen molar-refractivity contribution in [3.8, 4) is 0 Å². The minimum atomic E-state index is -0.410. The topological polar surface area (TPSA) is 56.0 Å². The number of allylic oxidation sites excluding steroid dienone is 3. The molecule has 0 aliphatic heterocycles. The van der Waals surface area contributed by atoms with Crippen molar-refractivity contribution in [2.75, 3.05) is 0 Å². The third kappa shape index (κ3) is 3.05. The van der Waals surface area contributed by atoms with Gasteiger partial charge < -0.3 is 5.73 Å². The summed E-state index contributed by atoms with van der Waals surface area (Å²) in [6.07, 6.45) is 5.42. The second-order valence-corrected chi connectivity index (χ2v) is 3.65. The van der Waals surface area contributed by atoms with Gasteiger partial charge in [-0.2, -0.15) is 0 Å². The van der Waals surface area contributed by atoms with Crippen LogP contribution in [-0.4, -0.2) is 10.9 Å². The largest absolute Gasteiger partial charge is 0.366 e. The highest BCUT2D eigenvalue weighted by molar-refractivity contribution is 5.94. The summed E-state index contributed by atoms with van der Waals surface area (Å²) in [7, 11) is 0. The van der Waals surface area contributed by atoms with Crippen molar-refractivity contribution >= 4 is 11.5 Å². The van der Waals surface area contributed by atoms with Crippen LogP contribution < -0.4 is 5.73 Å². The van der Waals surface area contributed by atoms with Gasteiger partial charge >= 0.3 is 0 Å². The van der Waals surface area contributed by atoms with Crippen LogP contribution in [-0.2, 0) is 4.79 Å². The van der Waals surface area contributed by atoms with E-state index < -0.39 is 5.91 Å². The van der Waals surface area contributed by atoms with Gasteiger partial charge in [0.2, 0.25) is 5.91 Å². The SMILES string of the molecule is C/C=C(\C=C(/C)C(N)=O)c1cc(C)ccn1. The van der Waals surface area contributed by atoms with Gasteiger partial charge in [-0.3, -0.25) is 9.78 Å². The highest BCUT2D eigenvalue weighted by Gasteiger charge is 2.03. The van der Waals surface area contributed by atoms with Crippen LogP contribution in [0.1, 0.15) is 25.1 Å². The summed E-state index contributed by atoms with van der Waals surface area (Å²) >= 11 is 0. The molecule has 84 valence electrons. The molecule has 3 heteroatoms. The van der Waals surface area contributed by atoms with Crippen LogP contribution in [0.3, 0.4) is 0 Å². The Morgan fingerprint density at radius 2 is 2.19 bits per heavy atom. The molecule has 3 nitrogen and oxygen atoms in total. The Labute approximate surface area is 95.7 Å². The lowest BCUT2D eigenvalue weighted by Gasteiger charge is -2.03. The smallest absolute Gasteiger partial charge is 0.244 e. The number of primary amides is 1. The summed E-state index contributed by atoms with van der Waals surface area (Å²) in [4.78, 5) is 15.2. The van der Waals surface area contributed by atoms with E-state index in [1.54, 1.807) is 19.2 Å². The quantitative estimate of drug-likeness (QED) is 0.622. The zero-order chi connectivity index (χ0) is 12.1. The number of hydrogen-bond donors (Lipinski definition) is 1. The maximum absolute atomic E-state index is 11.0. The predicted molar refractivity (Wildman–Crippen MR) is 65.6 cm³/mol. The Morgan fingerprint density at radius 1 is 1.50 bits per heavy atom. The maximum atomic E-state index is 11.0. The summed E-state index contributed by atoms with van der Waals surface area (Å²) in [6, 6.07) is 3.90. The molecule has 0 fully saturated rings. The number of rotatable bonds is 3. The molecule has 16 heavy (non-hydrogen) atoms. The first-order valence-electron chi connectivity index (χ1n) is 5.12. The Balaban J connectivity index is 3.11. The van der Waals surface area contributed by atoms with Crippen LogP contribution >= 0.6 is 0 Å². The van der Waals surface area contributed by atoms with Crippen LogP contribution in [0, 0.1) is 6.92 Å². The van der Waals surface area contributed by atoms with Gasteiger partial charge in [0, 0.05) is 11.8 Å². The number of aryl methyl sites for hydroxylation is 1. The van der Waals surface area contributed by atoms with E-state index in [1.165, 1.54) is 0 Å². The van der Waals surface area contributed by atoms with E-state index in [-0.39, 0.29) is 0 Å². The van der Waals surface area contributed by atoms with Crippen molar-refractivity contribution in [1.29, 1.82) is 0 Å². The molecule has 0 aromatic carbocycles. The van der Waals surface area contributed by atoms with Crippen molar-refractivity contribution < 1.29 is 4.79 Å². The molecule has 0 radical (unpaired) electrons. The molecular weight excluding hydrogens is 200 g/mol. The fourth-order valence-electron chi connectivity index (χ4n) is 1.30. The fourth-order valence-corrected chi connectivity index (χ4v) is 1.30. The molecule has 0 saturated carbocycles. The summed E-state index contributed by atoms with van der Waals surface area (Å²) in [5, 5.41) is 0. The maximum Gasteiger partial charge on any atom is 0.244 e. The zero-order valence-electron chi connectivity index (χ0n) is 9.82. The summed E-state index contributed by atoms with van der Waals surface area (Å²) < 4.78 is 0. The van der Waals surface area contributed by atoms with E-state index in [4.69, 9.17) is 5.73 Å². The van der Waals surface area contributed by atoms with Crippen LogP contribution in [0.25, 0.3) is 5.57 Å². The number of nitrogens with zero attached hydrogens (tertiary/aromatic N) is 1. The van der Waals surface area contributed by atoms with E-state index in [0.29, 0.717) is 5.57 Å². The molecule has 0 aliphatic carbocycles. The summed E-state index contributed by atoms with van der Waals surface area (Å²) in [6.45, 7) is 5.61. The van der Waals surface area contributed by atoms with E-state index in [1.807, 2.05) is 32.1 Å². The van der Waals surface area contributed by atoms with Crippen molar-refractivity contribution in [2.45, 2.75) is 20.8 Å². The lowest BCUT2D eigenvalue weighted by molar-refractivity contribution is -0.114. The first kappa shape index (κ1) is 12.2. The summed E-state index contributed by atoms with van der Waals surface area (Å²) in [5.41, 5.74) is 8.60. The standard InChI is InChI=1S/C13H16N2O/c1-4-11(8-10(3)13(14)16)12-7-9(2)5-6-15-12/h4-8H,1-3H3,(H2,14,16)/b10-8+,11-4+. The number of aromatic nitrogens is 1. The van der Waals surface area contributed by atoms with Gasteiger partial charge in [0.15, 0.2) is 0 Å². The lowest BCUT2D eigenvalue weighted by Crippen LogP contribution is -2.11. The first-order valence-corrected chi connectivity index (χ1v) is 5.12. The Bertz CT molecular complexity index is 459. The molecule has 0 aliphatic rings. The number of pyridine rings is 1. The van der Waals surface area contributed by atoms with Gasteiger partial charge in [-0.05, 0) is 50.1 Å². The van der Waals surface area contributed by atoms with Crippen molar-refractivity contribution in [3.63, 3.8) is 0 Å². The second kappa shape index (κ2) is 5.26. The number of carbonyl (C=O) groups excluding carboxylic acids is 1. The van der Waals surface area contributed by atoms with Crippen molar-refractivity contribution in [3.05, 3.63) is 47.3 Å². The Kier molecular flexibility index (Phi) is 4.00. The van der Waals surface area contributed by atoms with Gasteiger partial charge in [-0.1, -0.05) is 6.08 Å². The number of carbonyl (C=O) groups is 1. The van der Waals surface area contributed by atoms with Crippen LogP contribution in [0.5, 0.6) is 0 Å². The lowest BCUT2D eigenvalue weighted by atomic mass is 10.1. The average Bonchev–Trinajstić information content (AvgIpc) is 2.25. The van der Waals surface area contributed by atoms with Crippen LogP contribution in [0.15, 0.2) is 36.1 Å². The third-order valence-electron chi connectivity index (χ3n) is 2.28. The molecular formula is C13H16N2O. The van der Waals surface area contributed by atoms with Gasteiger partial charge in [-0.15, -0.1) is 0 Å². The highest BCUT2D eigenvalue weighted by Crippen LogP contribution is 2.16. The zero-order valence-corrected chi connectivity index (χ0v) is 9.82. The highest BCUT2D eigenvalue weighted by atomic mass is 16.1. The molecule has 0 unspecified atom stereocenters. The molecule has 1 amide bonds. The molecule has 1 heterocycles. The third-order valence-corrected chi connectivity index (χ3v) is 2.28. The Morgan fingerprint density at radius 3 is 2.69 bits per heavy atom. The van der Waals surface area contributed by atoms with Gasteiger partial charge in [0.05, 0.1) is 5.69 Å².